The highest BCUT2D eigenvalue weighted by atomic mass is 35.5. The van der Waals surface area contributed by atoms with Crippen LogP contribution in [0.4, 0.5) is 4.79 Å². The van der Waals surface area contributed by atoms with E-state index in [-0.39, 0.29) is 24.3 Å². The Bertz CT molecular complexity index is 490. The lowest BCUT2D eigenvalue weighted by Crippen LogP contribution is -2.54. The van der Waals surface area contributed by atoms with Crippen LogP contribution in [0.15, 0.2) is 30.3 Å². The van der Waals surface area contributed by atoms with E-state index in [1.165, 1.54) is 0 Å². The van der Waals surface area contributed by atoms with Gasteiger partial charge in [-0.2, -0.15) is 0 Å². The van der Waals surface area contributed by atoms with E-state index < -0.39 is 6.04 Å². The summed E-state index contributed by atoms with van der Waals surface area (Å²) in [4.78, 5) is 27.6. The molecule has 1 heterocycles. The maximum Gasteiger partial charge on any atom is 0.317 e. The smallest absolute Gasteiger partial charge is 0.317 e. The molecule has 22 heavy (non-hydrogen) atoms. The van der Waals surface area contributed by atoms with Gasteiger partial charge < -0.3 is 20.9 Å². The molecule has 1 aliphatic rings. The molecule has 1 atom stereocenters. The first-order chi connectivity index (χ1) is 10.1. The fourth-order valence-electron chi connectivity index (χ4n) is 2.39. The third kappa shape index (κ3) is 4.35. The molecule has 1 aromatic carbocycles. The number of hydrogen-bond acceptors (Lipinski definition) is 3. The van der Waals surface area contributed by atoms with Gasteiger partial charge >= 0.3 is 6.03 Å². The fourth-order valence-corrected chi connectivity index (χ4v) is 2.39. The Hall–Kier alpha value is -1.79. The van der Waals surface area contributed by atoms with Crippen molar-refractivity contribution in [3.8, 4) is 0 Å². The van der Waals surface area contributed by atoms with Crippen molar-refractivity contribution >= 4 is 24.3 Å². The van der Waals surface area contributed by atoms with E-state index in [4.69, 9.17) is 5.73 Å². The lowest BCUT2D eigenvalue weighted by molar-refractivity contribution is -0.134. The number of nitrogens with zero attached hydrogens (tertiary/aromatic N) is 2. The van der Waals surface area contributed by atoms with Crippen molar-refractivity contribution in [3.05, 3.63) is 35.9 Å². The Morgan fingerprint density at radius 1 is 1.14 bits per heavy atom. The van der Waals surface area contributed by atoms with Crippen molar-refractivity contribution in [2.45, 2.75) is 13.0 Å². The highest BCUT2D eigenvalue weighted by molar-refractivity contribution is 5.85. The van der Waals surface area contributed by atoms with Gasteiger partial charge in [0.05, 0.1) is 0 Å². The van der Waals surface area contributed by atoms with E-state index in [9.17, 15) is 9.59 Å². The van der Waals surface area contributed by atoms with Crippen LogP contribution in [0.5, 0.6) is 0 Å². The van der Waals surface area contributed by atoms with Gasteiger partial charge in [-0.15, -0.1) is 12.4 Å². The van der Waals surface area contributed by atoms with Crippen LogP contribution in [0.3, 0.4) is 0 Å². The second-order valence-electron chi connectivity index (χ2n) is 5.04. The van der Waals surface area contributed by atoms with Crippen LogP contribution in [0.2, 0.25) is 0 Å². The van der Waals surface area contributed by atoms with E-state index in [1.807, 2.05) is 37.3 Å². The normalized spacial score (nSPS) is 15.7. The van der Waals surface area contributed by atoms with Crippen LogP contribution >= 0.6 is 12.4 Å². The molecule has 7 heteroatoms. The summed E-state index contributed by atoms with van der Waals surface area (Å²) in [6, 6.07) is 8.64. The number of benzene rings is 1. The number of carbonyl (C=O) groups excluding carboxylic acids is 2. The summed E-state index contributed by atoms with van der Waals surface area (Å²) >= 11 is 0. The standard InChI is InChI=1S/C15H22N4O2.ClH/c1-2-17-15(21)19-10-8-18(9-11-19)14(20)13(16)12-6-4-3-5-7-12;/h3-7,13H,2,8-11,16H2,1H3,(H,17,21);1H. The molecule has 3 N–H and O–H groups in total. The second-order valence-corrected chi connectivity index (χ2v) is 5.04. The first-order valence-electron chi connectivity index (χ1n) is 7.25. The fraction of sp³-hybridized carbons (Fsp3) is 0.467. The molecule has 0 aromatic heterocycles. The van der Waals surface area contributed by atoms with Gasteiger partial charge in [-0.1, -0.05) is 30.3 Å². The summed E-state index contributed by atoms with van der Waals surface area (Å²) in [5.41, 5.74) is 6.84. The molecule has 1 fully saturated rings. The summed E-state index contributed by atoms with van der Waals surface area (Å²) < 4.78 is 0. The zero-order valence-corrected chi connectivity index (χ0v) is 13.5. The molecular weight excluding hydrogens is 304 g/mol. The Morgan fingerprint density at radius 2 is 1.68 bits per heavy atom. The minimum Gasteiger partial charge on any atom is -0.338 e. The van der Waals surface area contributed by atoms with Crippen molar-refractivity contribution < 1.29 is 9.59 Å². The van der Waals surface area contributed by atoms with Gasteiger partial charge in [-0.25, -0.2) is 4.79 Å². The van der Waals surface area contributed by atoms with Gasteiger partial charge in [0, 0.05) is 32.7 Å². The first kappa shape index (κ1) is 18.3. The summed E-state index contributed by atoms with van der Waals surface area (Å²) in [7, 11) is 0. The predicted molar refractivity (Wildman–Crippen MR) is 87.8 cm³/mol. The number of amides is 3. The highest BCUT2D eigenvalue weighted by Crippen LogP contribution is 2.14. The lowest BCUT2D eigenvalue weighted by Gasteiger charge is -2.35. The zero-order chi connectivity index (χ0) is 15.2. The van der Waals surface area contributed by atoms with E-state index in [0.29, 0.717) is 32.7 Å². The van der Waals surface area contributed by atoms with Gasteiger partial charge in [0.15, 0.2) is 0 Å². The number of rotatable bonds is 3. The zero-order valence-electron chi connectivity index (χ0n) is 12.7. The summed E-state index contributed by atoms with van der Waals surface area (Å²) in [6.07, 6.45) is 0. The molecule has 1 aromatic rings. The highest BCUT2D eigenvalue weighted by Gasteiger charge is 2.27. The van der Waals surface area contributed by atoms with Crippen LogP contribution in [0, 0.1) is 0 Å². The molecule has 1 aliphatic heterocycles. The van der Waals surface area contributed by atoms with Crippen LogP contribution in [0.1, 0.15) is 18.5 Å². The quantitative estimate of drug-likeness (QED) is 0.869. The number of nitrogens with two attached hydrogens (primary N) is 1. The van der Waals surface area contributed by atoms with Crippen LogP contribution in [0.25, 0.3) is 0 Å². The summed E-state index contributed by atoms with van der Waals surface area (Å²) in [5.74, 6) is -0.0863. The Kier molecular flexibility index (Phi) is 7.14. The first-order valence-corrected chi connectivity index (χ1v) is 7.25. The second kappa shape index (κ2) is 8.60. The van der Waals surface area contributed by atoms with Crippen molar-refractivity contribution in [2.75, 3.05) is 32.7 Å². The topological polar surface area (TPSA) is 78.7 Å². The molecule has 0 spiro atoms. The largest absolute Gasteiger partial charge is 0.338 e. The molecule has 3 amide bonds. The van der Waals surface area contributed by atoms with Crippen LogP contribution in [-0.2, 0) is 4.79 Å². The minimum atomic E-state index is -0.637. The monoisotopic (exact) mass is 326 g/mol. The van der Waals surface area contributed by atoms with E-state index in [2.05, 4.69) is 5.32 Å². The number of piperazine rings is 1. The van der Waals surface area contributed by atoms with Gasteiger partial charge in [-0.05, 0) is 12.5 Å². The van der Waals surface area contributed by atoms with Gasteiger partial charge in [0.2, 0.25) is 5.91 Å². The maximum atomic E-state index is 12.4. The number of nitrogens with one attached hydrogen (secondary N) is 1. The molecular formula is C15H23ClN4O2. The third-order valence-electron chi connectivity index (χ3n) is 3.63. The Balaban J connectivity index is 0.00000242. The maximum absolute atomic E-state index is 12.4. The Morgan fingerprint density at radius 3 is 2.23 bits per heavy atom. The predicted octanol–water partition coefficient (Wildman–Crippen LogP) is 0.982. The lowest BCUT2D eigenvalue weighted by atomic mass is 10.1. The molecule has 1 saturated heterocycles. The van der Waals surface area contributed by atoms with Crippen molar-refractivity contribution in [3.63, 3.8) is 0 Å². The van der Waals surface area contributed by atoms with Gasteiger partial charge in [-0.3, -0.25) is 4.79 Å². The molecule has 0 saturated carbocycles. The summed E-state index contributed by atoms with van der Waals surface area (Å²) in [5, 5.41) is 2.77. The number of hydrogen-bond donors (Lipinski definition) is 2. The molecule has 2 rings (SSSR count). The summed E-state index contributed by atoms with van der Waals surface area (Å²) in [6.45, 7) is 4.62. The average molecular weight is 327 g/mol. The SMILES string of the molecule is CCNC(=O)N1CCN(C(=O)C(N)c2ccccc2)CC1.Cl. The van der Waals surface area contributed by atoms with Crippen LogP contribution < -0.4 is 11.1 Å². The third-order valence-corrected chi connectivity index (χ3v) is 3.63. The number of halogens is 1. The van der Waals surface area contributed by atoms with Crippen molar-refractivity contribution in [1.29, 1.82) is 0 Å². The van der Waals surface area contributed by atoms with E-state index in [1.54, 1.807) is 9.80 Å². The van der Waals surface area contributed by atoms with Crippen LogP contribution in [-0.4, -0.2) is 54.5 Å². The van der Waals surface area contributed by atoms with E-state index in [0.717, 1.165) is 5.56 Å². The number of carbonyl (C=O) groups is 2. The molecule has 0 radical (unpaired) electrons. The minimum absolute atomic E-state index is 0. The molecule has 122 valence electrons. The van der Waals surface area contributed by atoms with Gasteiger partial charge in [0.25, 0.3) is 0 Å². The van der Waals surface area contributed by atoms with Gasteiger partial charge in [0.1, 0.15) is 6.04 Å². The van der Waals surface area contributed by atoms with Crippen molar-refractivity contribution in [1.82, 2.24) is 15.1 Å². The molecule has 1 unspecified atom stereocenters. The molecule has 6 nitrogen and oxygen atoms in total. The van der Waals surface area contributed by atoms with Crippen molar-refractivity contribution in [2.24, 2.45) is 5.73 Å². The van der Waals surface area contributed by atoms with E-state index >= 15 is 0 Å². The molecule has 0 bridgehead atoms. The Labute approximate surface area is 137 Å². The number of urea groups is 1. The molecule has 0 aliphatic carbocycles. The average Bonchev–Trinajstić information content (AvgIpc) is 2.54.